The van der Waals surface area contributed by atoms with E-state index in [1.807, 2.05) is 18.2 Å². The molecule has 1 fully saturated rings. The summed E-state index contributed by atoms with van der Waals surface area (Å²) in [4.78, 5) is 14.1. The molecule has 0 N–H and O–H groups in total. The van der Waals surface area contributed by atoms with Crippen molar-refractivity contribution in [3.63, 3.8) is 0 Å². The summed E-state index contributed by atoms with van der Waals surface area (Å²) in [6.45, 7) is 6.16. The molecule has 7 nitrogen and oxygen atoms in total. The minimum atomic E-state index is -0.212. The Labute approximate surface area is 164 Å². The Morgan fingerprint density at radius 1 is 1.22 bits per heavy atom. The quantitative estimate of drug-likeness (QED) is 0.370. The predicted molar refractivity (Wildman–Crippen MR) is 105 cm³/mol. The normalized spacial score (nSPS) is 14.3. The van der Waals surface area contributed by atoms with Crippen molar-refractivity contribution in [2.45, 2.75) is 31.5 Å². The average molecular weight is 391 g/mol. The zero-order chi connectivity index (χ0) is 18.9. The van der Waals surface area contributed by atoms with E-state index in [9.17, 15) is 4.79 Å². The second kappa shape index (κ2) is 10.3. The van der Waals surface area contributed by atoms with Crippen LogP contribution in [0.4, 0.5) is 5.95 Å². The minimum Gasteiger partial charge on any atom is -0.465 e. The SMILES string of the molecule is CCCCOC(=O)CSc1nnc(N2CCOCC2)n1Cc1ccccc1. The maximum absolute atomic E-state index is 11.9. The van der Waals surface area contributed by atoms with E-state index in [1.165, 1.54) is 17.3 Å². The van der Waals surface area contributed by atoms with Crippen molar-refractivity contribution in [3.8, 4) is 0 Å². The Balaban J connectivity index is 1.72. The first-order chi connectivity index (χ1) is 13.3. The molecule has 0 amide bonds. The summed E-state index contributed by atoms with van der Waals surface area (Å²) < 4.78 is 12.8. The first-order valence-electron chi connectivity index (χ1n) is 9.36. The monoisotopic (exact) mass is 390 g/mol. The van der Waals surface area contributed by atoms with Crippen LogP contribution < -0.4 is 4.90 Å². The number of benzene rings is 1. The third-order valence-corrected chi connectivity index (χ3v) is 5.20. The van der Waals surface area contributed by atoms with Gasteiger partial charge in [-0.3, -0.25) is 9.36 Å². The molecule has 0 radical (unpaired) electrons. The average Bonchev–Trinajstić information content (AvgIpc) is 3.10. The lowest BCUT2D eigenvalue weighted by molar-refractivity contribution is -0.140. The van der Waals surface area contributed by atoms with Gasteiger partial charge in [0.05, 0.1) is 32.1 Å². The van der Waals surface area contributed by atoms with Gasteiger partial charge in [-0.25, -0.2) is 0 Å². The van der Waals surface area contributed by atoms with Gasteiger partial charge >= 0.3 is 5.97 Å². The van der Waals surface area contributed by atoms with Crippen molar-refractivity contribution in [3.05, 3.63) is 35.9 Å². The third kappa shape index (κ3) is 5.71. The molecule has 0 saturated carbocycles. The highest BCUT2D eigenvalue weighted by atomic mass is 32.2. The number of esters is 1. The van der Waals surface area contributed by atoms with Gasteiger partial charge in [0.25, 0.3) is 0 Å². The van der Waals surface area contributed by atoms with E-state index in [4.69, 9.17) is 9.47 Å². The smallest absolute Gasteiger partial charge is 0.316 e. The van der Waals surface area contributed by atoms with Crippen LogP contribution in [0.2, 0.25) is 0 Å². The van der Waals surface area contributed by atoms with Gasteiger partial charge in [-0.1, -0.05) is 55.4 Å². The fraction of sp³-hybridized carbons (Fsp3) is 0.526. The second-order valence-corrected chi connectivity index (χ2v) is 7.26. The van der Waals surface area contributed by atoms with Gasteiger partial charge in [-0.2, -0.15) is 0 Å². The molecule has 8 heteroatoms. The van der Waals surface area contributed by atoms with Crippen LogP contribution in [0.5, 0.6) is 0 Å². The van der Waals surface area contributed by atoms with Gasteiger partial charge in [-0.15, -0.1) is 10.2 Å². The molecule has 0 aliphatic carbocycles. The van der Waals surface area contributed by atoms with Gasteiger partial charge < -0.3 is 14.4 Å². The lowest BCUT2D eigenvalue weighted by Crippen LogP contribution is -2.38. The van der Waals surface area contributed by atoms with Crippen molar-refractivity contribution >= 4 is 23.7 Å². The highest BCUT2D eigenvalue weighted by Crippen LogP contribution is 2.24. The molecule has 0 spiro atoms. The molecule has 1 aliphatic heterocycles. The van der Waals surface area contributed by atoms with E-state index < -0.39 is 0 Å². The van der Waals surface area contributed by atoms with Crippen LogP contribution in [-0.4, -0.2) is 59.4 Å². The minimum absolute atomic E-state index is 0.212. The van der Waals surface area contributed by atoms with Crippen molar-refractivity contribution < 1.29 is 14.3 Å². The number of hydrogen-bond acceptors (Lipinski definition) is 7. The molecule has 146 valence electrons. The molecule has 1 aromatic carbocycles. The number of unbranched alkanes of at least 4 members (excludes halogenated alkanes) is 1. The van der Waals surface area contributed by atoms with Gasteiger partial charge in [0.15, 0.2) is 5.16 Å². The molecule has 1 aliphatic rings. The number of hydrogen-bond donors (Lipinski definition) is 0. The number of ether oxygens (including phenoxy) is 2. The fourth-order valence-corrected chi connectivity index (χ4v) is 3.52. The van der Waals surface area contributed by atoms with Crippen molar-refractivity contribution in [1.82, 2.24) is 14.8 Å². The molecule has 2 aromatic rings. The van der Waals surface area contributed by atoms with E-state index in [2.05, 4.69) is 38.7 Å². The first-order valence-corrected chi connectivity index (χ1v) is 10.3. The van der Waals surface area contributed by atoms with Crippen molar-refractivity contribution in [1.29, 1.82) is 0 Å². The van der Waals surface area contributed by atoms with Crippen molar-refractivity contribution in [2.24, 2.45) is 0 Å². The van der Waals surface area contributed by atoms with Gasteiger partial charge in [-0.05, 0) is 12.0 Å². The number of thioether (sulfide) groups is 1. The number of carbonyl (C=O) groups is 1. The fourth-order valence-electron chi connectivity index (χ4n) is 2.78. The van der Waals surface area contributed by atoms with E-state index in [0.717, 1.165) is 37.0 Å². The summed E-state index contributed by atoms with van der Waals surface area (Å²) in [5.74, 6) is 0.847. The molecule has 1 aromatic heterocycles. The molecule has 0 atom stereocenters. The molecular weight excluding hydrogens is 364 g/mol. The van der Waals surface area contributed by atoms with Gasteiger partial charge in [0, 0.05) is 13.1 Å². The molecule has 27 heavy (non-hydrogen) atoms. The zero-order valence-electron chi connectivity index (χ0n) is 15.7. The lowest BCUT2D eigenvalue weighted by atomic mass is 10.2. The number of carbonyl (C=O) groups excluding carboxylic acids is 1. The van der Waals surface area contributed by atoms with Crippen LogP contribution in [-0.2, 0) is 20.8 Å². The van der Waals surface area contributed by atoms with Crippen LogP contribution >= 0.6 is 11.8 Å². The van der Waals surface area contributed by atoms with E-state index in [1.54, 1.807) is 0 Å². The number of morpholine rings is 1. The maximum atomic E-state index is 11.9. The first kappa shape index (κ1) is 19.7. The molecule has 1 saturated heterocycles. The van der Waals surface area contributed by atoms with Crippen LogP contribution in [0, 0.1) is 0 Å². The number of aromatic nitrogens is 3. The maximum Gasteiger partial charge on any atom is 0.316 e. The van der Waals surface area contributed by atoms with E-state index >= 15 is 0 Å². The van der Waals surface area contributed by atoms with Crippen molar-refractivity contribution in [2.75, 3.05) is 43.6 Å². The largest absolute Gasteiger partial charge is 0.465 e. The summed E-state index contributed by atoms with van der Waals surface area (Å²) in [5, 5.41) is 9.47. The van der Waals surface area contributed by atoms with Crippen LogP contribution in [0.25, 0.3) is 0 Å². The number of nitrogens with zero attached hydrogens (tertiary/aromatic N) is 4. The molecule has 0 bridgehead atoms. The summed E-state index contributed by atoms with van der Waals surface area (Å²) in [7, 11) is 0. The highest BCUT2D eigenvalue weighted by Gasteiger charge is 2.21. The molecule has 3 rings (SSSR count). The highest BCUT2D eigenvalue weighted by molar-refractivity contribution is 7.99. The van der Waals surface area contributed by atoms with E-state index in [-0.39, 0.29) is 11.7 Å². The van der Waals surface area contributed by atoms with Crippen LogP contribution in [0.1, 0.15) is 25.3 Å². The zero-order valence-corrected chi connectivity index (χ0v) is 16.5. The standard InChI is InChI=1S/C19H26N4O3S/c1-2-3-11-26-17(24)15-27-19-21-20-18(22-9-12-25-13-10-22)23(19)14-16-7-5-4-6-8-16/h4-8H,2-3,9-15H2,1H3. The van der Waals surface area contributed by atoms with Gasteiger partial charge in [0.2, 0.25) is 5.95 Å². The Morgan fingerprint density at radius 3 is 2.74 bits per heavy atom. The van der Waals surface area contributed by atoms with Gasteiger partial charge in [0.1, 0.15) is 0 Å². The molecule has 0 unspecified atom stereocenters. The van der Waals surface area contributed by atoms with Crippen LogP contribution in [0.15, 0.2) is 35.5 Å². The third-order valence-electron chi connectivity index (χ3n) is 4.25. The number of rotatable bonds is 9. The van der Waals surface area contributed by atoms with Crippen LogP contribution in [0.3, 0.4) is 0 Å². The second-order valence-electron chi connectivity index (χ2n) is 6.32. The Hall–Kier alpha value is -2.06. The Bertz CT molecular complexity index is 717. The molecule has 2 heterocycles. The topological polar surface area (TPSA) is 69.5 Å². The number of anilines is 1. The van der Waals surface area contributed by atoms with E-state index in [0.29, 0.717) is 26.4 Å². The molecular formula is C19H26N4O3S. The Kier molecular flexibility index (Phi) is 7.53. The summed E-state index contributed by atoms with van der Waals surface area (Å²) in [5.41, 5.74) is 1.17. The summed E-state index contributed by atoms with van der Waals surface area (Å²) >= 11 is 1.37. The Morgan fingerprint density at radius 2 is 2.00 bits per heavy atom. The predicted octanol–water partition coefficient (Wildman–Crippen LogP) is 2.60. The summed E-state index contributed by atoms with van der Waals surface area (Å²) in [6.07, 6.45) is 1.90. The summed E-state index contributed by atoms with van der Waals surface area (Å²) in [6, 6.07) is 10.2. The lowest BCUT2D eigenvalue weighted by Gasteiger charge is -2.28.